The number of carbonyl (C=O) groups excluding carboxylic acids is 1. The first-order valence-corrected chi connectivity index (χ1v) is 5.75. The van der Waals surface area contributed by atoms with Crippen molar-refractivity contribution >= 4 is 11.6 Å². The van der Waals surface area contributed by atoms with Crippen molar-refractivity contribution in [1.29, 1.82) is 0 Å². The number of amides is 1. The van der Waals surface area contributed by atoms with Gasteiger partial charge in [-0.1, -0.05) is 25.1 Å². The van der Waals surface area contributed by atoms with Crippen LogP contribution in [0.15, 0.2) is 30.3 Å². The van der Waals surface area contributed by atoms with Gasteiger partial charge in [0.2, 0.25) is 5.91 Å². The van der Waals surface area contributed by atoms with Gasteiger partial charge in [-0.3, -0.25) is 4.79 Å². The molecular formula is C13H20N2O2. The van der Waals surface area contributed by atoms with Crippen molar-refractivity contribution in [2.75, 3.05) is 25.6 Å². The quantitative estimate of drug-likeness (QED) is 0.763. The summed E-state index contributed by atoms with van der Waals surface area (Å²) in [6, 6.07) is 9.80. The molecule has 94 valence electrons. The summed E-state index contributed by atoms with van der Waals surface area (Å²) in [6.45, 7) is 2.29. The zero-order valence-electron chi connectivity index (χ0n) is 10.6. The molecular weight excluding hydrogens is 216 g/mol. The molecule has 0 aliphatic carbocycles. The molecule has 1 atom stereocenters. The van der Waals surface area contributed by atoms with Crippen LogP contribution in [0.3, 0.4) is 0 Å². The van der Waals surface area contributed by atoms with Gasteiger partial charge in [0, 0.05) is 19.8 Å². The van der Waals surface area contributed by atoms with Gasteiger partial charge in [0.25, 0.3) is 0 Å². The van der Waals surface area contributed by atoms with E-state index in [0.29, 0.717) is 6.54 Å². The third-order valence-electron chi connectivity index (χ3n) is 2.56. The van der Waals surface area contributed by atoms with Crippen LogP contribution in [-0.2, 0) is 9.53 Å². The van der Waals surface area contributed by atoms with Crippen molar-refractivity contribution in [2.24, 2.45) is 0 Å². The van der Waals surface area contributed by atoms with Crippen molar-refractivity contribution in [1.82, 2.24) is 5.32 Å². The zero-order valence-corrected chi connectivity index (χ0v) is 10.6. The van der Waals surface area contributed by atoms with Crippen molar-refractivity contribution in [3.63, 3.8) is 0 Å². The number of hydrogen-bond acceptors (Lipinski definition) is 3. The molecule has 0 aromatic heterocycles. The number of nitrogens with one attached hydrogen (secondary N) is 1. The Labute approximate surface area is 103 Å². The van der Waals surface area contributed by atoms with E-state index in [1.54, 1.807) is 7.11 Å². The molecule has 0 saturated heterocycles. The molecule has 4 nitrogen and oxygen atoms in total. The van der Waals surface area contributed by atoms with Gasteiger partial charge in [0.05, 0.1) is 6.54 Å². The monoisotopic (exact) mass is 236 g/mol. The smallest absolute Gasteiger partial charge is 0.241 e. The van der Waals surface area contributed by atoms with Crippen LogP contribution in [0.5, 0.6) is 0 Å². The molecule has 0 heterocycles. The molecule has 17 heavy (non-hydrogen) atoms. The lowest BCUT2D eigenvalue weighted by Crippen LogP contribution is -2.41. The minimum Gasteiger partial charge on any atom is -0.365 e. The summed E-state index contributed by atoms with van der Waals surface area (Å²) < 4.78 is 5.11. The Morgan fingerprint density at radius 1 is 1.41 bits per heavy atom. The Morgan fingerprint density at radius 2 is 2.06 bits per heavy atom. The minimum absolute atomic E-state index is 0.0370. The lowest BCUT2D eigenvalue weighted by molar-refractivity contribution is -0.123. The highest BCUT2D eigenvalue weighted by Crippen LogP contribution is 2.10. The van der Waals surface area contributed by atoms with E-state index < -0.39 is 0 Å². The summed E-state index contributed by atoms with van der Waals surface area (Å²) in [7, 11) is 3.48. The van der Waals surface area contributed by atoms with Crippen LogP contribution in [0, 0.1) is 0 Å². The molecule has 1 aromatic rings. The van der Waals surface area contributed by atoms with Gasteiger partial charge in [-0.2, -0.15) is 0 Å². The van der Waals surface area contributed by atoms with Crippen molar-refractivity contribution in [2.45, 2.75) is 19.6 Å². The van der Waals surface area contributed by atoms with E-state index in [4.69, 9.17) is 4.74 Å². The third-order valence-corrected chi connectivity index (χ3v) is 2.56. The SMILES string of the molecule is CCC(NC(=O)CN(C)c1ccccc1)OC. The molecule has 0 aliphatic heterocycles. The van der Waals surface area contributed by atoms with E-state index in [0.717, 1.165) is 12.1 Å². The highest BCUT2D eigenvalue weighted by Gasteiger charge is 2.11. The normalized spacial score (nSPS) is 11.9. The maximum Gasteiger partial charge on any atom is 0.241 e. The summed E-state index contributed by atoms with van der Waals surface area (Å²) in [4.78, 5) is 13.6. The van der Waals surface area contributed by atoms with Crippen LogP contribution in [0.2, 0.25) is 0 Å². The average Bonchev–Trinajstić information content (AvgIpc) is 2.37. The van der Waals surface area contributed by atoms with Gasteiger partial charge in [0.15, 0.2) is 0 Å². The van der Waals surface area contributed by atoms with Crippen LogP contribution in [-0.4, -0.2) is 32.8 Å². The number of para-hydroxylation sites is 1. The highest BCUT2D eigenvalue weighted by molar-refractivity contribution is 5.81. The fraction of sp³-hybridized carbons (Fsp3) is 0.462. The standard InChI is InChI=1S/C13H20N2O2/c1-4-13(17-3)14-12(16)10-15(2)11-8-6-5-7-9-11/h5-9,13H,4,10H2,1-3H3,(H,14,16). The predicted molar refractivity (Wildman–Crippen MR) is 68.9 cm³/mol. The van der Waals surface area contributed by atoms with Crippen LogP contribution in [0.25, 0.3) is 0 Å². The molecule has 4 heteroatoms. The van der Waals surface area contributed by atoms with E-state index in [-0.39, 0.29) is 12.1 Å². The molecule has 0 aliphatic rings. The molecule has 1 rings (SSSR count). The lowest BCUT2D eigenvalue weighted by Gasteiger charge is -2.21. The number of likely N-dealkylation sites (N-methyl/N-ethyl adjacent to an activating group) is 1. The van der Waals surface area contributed by atoms with Crippen LogP contribution in [0.4, 0.5) is 5.69 Å². The second-order valence-corrected chi connectivity index (χ2v) is 3.89. The van der Waals surface area contributed by atoms with Gasteiger partial charge in [0.1, 0.15) is 6.23 Å². The molecule has 0 spiro atoms. The summed E-state index contributed by atoms with van der Waals surface area (Å²) >= 11 is 0. The number of anilines is 1. The second kappa shape index (κ2) is 6.91. The second-order valence-electron chi connectivity index (χ2n) is 3.89. The first kappa shape index (κ1) is 13.5. The number of hydrogen-bond donors (Lipinski definition) is 1. The maximum atomic E-state index is 11.7. The van der Waals surface area contributed by atoms with E-state index in [2.05, 4.69) is 5.32 Å². The molecule has 1 unspecified atom stereocenters. The molecule has 1 aromatic carbocycles. The first-order valence-electron chi connectivity index (χ1n) is 5.75. The van der Waals surface area contributed by atoms with E-state index >= 15 is 0 Å². The first-order chi connectivity index (χ1) is 8.17. The summed E-state index contributed by atoms with van der Waals surface area (Å²) in [5, 5.41) is 2.81. The van der Waals surface area contributed by atoms with Crippen LogP contribution in [0.1, 0.15) is 13.3 Å². The van der Waals surface area contributed by atoms with E-state index in [9.17, 15) is 4.79 Å². The molecule has 1 amide bonds. The Balaban J connectivity index is 2.46. The lowest BCUT2D eigenvalue weighted by atomic mass is 10.3. The maximum absolute atomic E-state index is 11.7. The molecule has 1 N–H and O–H groups in total. The van der Waals surface area contributed by atoms with Crippen molar-refractivity contribution < 1.29 is 9.53 Å². The fourth-order valence-electron chi connectivity index (χ4n) is 1.54. The number of benzene rings is 1. The van der Waals surface area contributed by atoms with Gasteiger partial charge < -0.3 is 15.0 Å². The van der Waals surface area contributed by atoms with Gasteiger partial charge in [-0.15, -0.1) is 0 Å². The molecule has 0 saturated carbocycles. The zero-order chi connectivity index (χ0) is 12.7. The number of methoxy groups -OCH3 is 1. The Kier molecular flexibility index (Phi) is 5.49. The van der Waals surface area contributed by atoms with Crippen molar-refractivity contribution in [3.8, 4) is 0 Å². The Bertz CT molecular complexity index is 337. The summed E-state index contributed by atoms with van der Waals surface area (Å²) in [6.07, 6.45) is 0.559. The number of nitrogens with zero attached hydrogens (tertiary/aromatic N) is 1. The predicted octanol–water partition coefficient (Wildman–Crippen LogP) is 1.62. The van der Waals surface area contributed by atoms with Gasteiger partial charge in [-0.05, 0) is 18.6 Å². The number of carbonyl (C=O) groups is 1. The number of rotatable bonds is 6. The third kappa shape index (κ3) is 4.44. The molecule has 0 bridgehead atoms. The largest absolute Gasteiger partial charge is 0.365 e. The topological polar surface area (TPSA) is 41.6 Å². The molecule has 0 fully saturated rings. The minimum atomic E-state index is -0.202. The van der Waals surface area contributed by atoms with Gasteiger partial charge in [-0.25, -0.2) is 0 Å². The summed E-state index contributed by atoms with van der Waals surface area (Å²) in [5.74, 6) is -0.0370. The summed E-state index contributed by atoms with van der Waals surface area (Å²) in [5.41, 5.74) is 1.02. The van der Waals surface area contributed by atoms with E-state index in [1.807, 2.05) is 49.2 Å². The number of ether oxygens (including phenoxy) is 1. The Hall–Kier alpha value is -1.55. The van der Waals surface area contributed by atoms with Crippen LogP contribution < -0.4 is 10.2 Å². The van der Waals surface area contributed by atoms with Gasteiger partial charge >= 0.3 is 0 Å². The van der Waals surface area contributed by atoms with E-state index in [1.165, 1.54) is 0 Å². The van der Waals surface area contributed by atoms with Crippen LogP contribution >= 0.6 is 0 Å². The van der Waals surface area contributed by atoms with Crippen molar-refractivity contribution in [3.05, 3.63) is 30.3 Å². The highest BCUT2D eigenvalue weighted by atomic mass is 16.5. The Morgan fingerprint density at radius 3 is 2.59 bits per heavy atom. The fourth-order valence-corrected chi connectivity index (χ4v) is 1.54. The average molecular weight is 236 g/mol. The molecule has 0 radical (unpaired) electrons.